The summed E-state index contributed by atoms with van der Waals surface area (Å²) < 4.78 is 5.19. The molecule has 4 saturated carbocycles. The largest absolute Gasteiger partial charge is 0.497 e. The third kappa shape index (κ3) is 3.95. The predicted octanol–water partition coefficient (Wildman–Crippen LogP) is 4.23. The molecule has 0 unspecified atom stereocenters. The van der Waals surface area contributed by atoms with Gasteiger partial charge in [-0.05, 0) is 92.4 Å². The molecule has 2 aromatic rings. The molecule has 1 aliphatic heterocycles. The second-order valence-electron chi connectivity index (χ2n) is 11.0. The van der Waals surface area contributed by atoms with Gasteiger partial charge in [0, 0.05) is 24.1 Å². The van der Waals surface area contributed by atoms with Crippen molar-refractivity contribution in [2.75, 3.05) is 19.0 Å². The van der Waals surface area contributed by atoms with Gasteiger partial charge in [0.15, 0.2) is 0 Å². The van der Waals surface area contributed by atoms with E-state index < -0.39 is 0 Å². The first-order chi connectivity index (χ1) is 16.5. The molecule has 7 heteroatoms. The van der Waals surface area contributed by atoms with E-state index in [4.69, 9.17) is 4.74 Å². The molecule has 4 aliphatic carbocycles. The maximum Gasteiger partial charge on any atom is 0.254 e. The third-order valence-electron chi connectivity index (χ3n) is 8.59. The number of methoxy groups -OCH3 is 1. The highest BCUT2D eigenvalue weighted by Gasteiger charge is 2.51. The van der Waals surface area contributed by atoms with Gasteiger partial charge < -0.3 is 15.0 Å². The molecular formula is C27H32N4O3. The first-order valence-electron chi connectivity index (χ1n) is 12.6. The molecule has 4 fully saturated rings. The lowest BCUT2D eigenvalue weighted by molar-refractivity contribution is -0.124. The Morgan fingerprint density at radius 2 is 1.74 bits per heavy atom. The van der Waals surface area contributed by atoms with E-state index >= 15 is 0 Å². The van der Waals surface area contributed by atoms with Crippen LogP contribution in [0.15, 0.2) is 30.6 Å². The van der Waals surface area contributed by atoms with Crippen LogP contribution in [-0.4, -0.2) is 40.3 Å². The lowest BCUT2D eigenvalue weighted by Gasteiger charge is -2.56. The molecule has 5 aliphatic rings. The van der Waals surface area contributed by atoms with Gasteiger partial charge in [0.2, 0.25) is 5.91 Å². The van der Waals surface area contributed by atoms with Crippen LogP contribution in [0.4, 0.5) is 5.82 Å². The van der Waals surface area contributed by atoms with Crippen molar-refractivity contribution in [1.82, 2.24) is 14.9 Å². The molecule has 1 aromatic carbocycles. The number of anilines is 1. The highest BCUT2D eigenvalue weighted by atomic mass is 16.5. The number of rotatable bonds is 5. The predicted molar refractivity (Wildman–Crippen MR) is 127 cm³/mol. The molecule has 7 nitrogen and oxygen atoms in total. The number of aromatic nitrogens is 2. The van der Waals surface area contributed by atoms with Crippen LogP contribution in [0.5, 0.6) is 5.75 Å². The van der Waals surface area contributed by atoms with E-state index in [9.17, 15) is 9.59 Å². The number of amides is 2. The molecule has 0 spiro atoms. The summed E-state index contributed by atoms with van der Waals surface area (Å²) >= 11 is 0. The highest BCUT2D eigenvalue weighted by molar-refractivity contribution is 5.95. The molecule has 0 radical (unpaired) electrons. The normalized spacial score (nSPS) is 29.0. The summed E-state index contributed by atoms with van der Waals surface area (Å²) in [6.07, 6.45) is 10.5. The van der Waals surface area contributed by atoms with Crippen molar-refractivity contribution in [3.05, 3.63) is 47.4 Å². The number of carbonyl (C=O) groups excluding carboxylic acids is 2. The van der Waals surface area contributed by atoms with E-state index in [2.05, 4.69) is 15.3 Å². The average Bonchev–Trinajstić information content (AvgIpc) is 2.82. The molecule has 0 saturated heterocycles. The number of ether oxygens (including phenoxy) is 1. The van der Waals surface area contributed by atoms with Crippen LogP contribution < -0.4 is 10.1 Å². The monoisotopic (exact) mass is 460 g/mol. The van der Waals surface area contributed by atoms with E-state index in [0.717, 1.165) is 34.8 Å². The van der Waals surface area contributed by atoms with Crippen LogP contribution in [0.2, 0.25) is 0 Å². The Kier molecular flexibility index (Phi) is 5.30. The van der Waals surface area contributed by atoms with Crippen molar-refractivity contribution in [1.29, 1.82) is 0 Å². The fraction of sp³-hybridized carbons (Fsp3) is 0.556. The van der Waals surface area contributed by atoms with Crippen LogP contribution in [-0.2, 0) is 17.8 Å². The molecule has 34 heavy (non-hydrogen) atoms. The number of benzene rings is 1. The zero-order chi connectivity index (χ0) is 23.3. The molecule has 2 amide bonds. The summed E-state index contributed by atoms with van der Waals surface area (Å²) in [7, 11) is 1.61. The van der Waals surface area contributed by atoms with E-state index in [-0.39, 0.29) is 17.2 Å². The third-order valence-corrected chi connectivity index (χ3v) is 8.59. The van der Waals surface area contributed by atoms with Gasteiger partial charge in [-0.2, -0.15) is 0 Å². The Bertz CT molecular complexity index is 1080. The first kappa shape index (κ1) is 21.6. The van der Waals surface area contributed by atoms with Crippen molar-refractivity contribution in [3.63, 3.8) is 0 Å². The smallest absolute Gasteiger partial charge is 0.254 e. The second-order valence-corrected chi connectivity index (χ2v) is 11.0. The lowest BCUT2D eigenvalue weighted by atomic mass is 9.49. The van der Waals surface area contributed by atoms with E-state index in [1.807, 2.05) is 0 Å². The van der Waals surface area contributed by atoms with Crippen LogP contribution in [0.25, 0.3) is 0 Å². The quantitative estimate of drug-likeness (QED) is 0.722. The van der Waals surface area contributed by atoms with Gasteiger partial charge >= 0.3 is 0 Å². The van der Waals surface area contributed by atoms with Crippen molar-refractivity contribution in [2.45, 2.75) is 57.9 Å². The maximum atomic E-state index is 13.1. The number of nitrogens with one attached hydrogen (secondary N) is 1. The summed E-state index contributed by atoms with van der Waals surface area (Å²) in [4.78, 5) is 36.8. The summed E-state index contributed by atoms with van der Waals surface area (Å²) in [5, 5.41) is 3.13. The number of fused-ring (bicyclic) bond motifs is 1. The molecule has 7 rings (SSSR count). The maximum absolute atomic E-state index is 13.1. The minimum atomic E-state index is -0.0284. The Morgan fingerprint density at radius 3 is 2.38 bits per heavy atom. The van der Waals surface area contributed by atoms with Crippen LogP contribution >= 0.6 is 0 Å². The van der Waals surface area contributed by atoms with E-state index in [0.29, 0.717) is 37.3 Å². The van der Waals surface area contributed by atoms with Crippen molar-refractivity contribution >= 4 is 17.6 Å². The molecule has 2 heterocycles. The minimum absolute atomic E-state index is 0.0284. The first-order valence-corrected chi connectivity index (χ1v) is 12.6. The van der Waals surface area contributed by atoms with E-state index in [1.165, 1.54) is 44.9 Å². The SMILES string of the molecule is COc1ccc(C(=O)N2CCc3c(ncnc3NC(=O)CC34CC5CC(CC(C5)C3)C4)C2)cc1. The topological polar surface area (TPSA) is 84.4 Å². The second kappa shape index (κ2) is 8.36. The Labute approximate surface area is 200 Å². The number of hydrogen-bond donors (Lipinski definition) is 1. The molecule has 0 atom stereocenters. The van der Waals surface area contributed by atoms with Crippen LogP contribution in [0, 0.1) is 23.2 Å². The Balaban J connectivity index is 1.13. The summed E-state index contributed by atoms with van der Waals surface area (Å²) in [5.74, 6) is 3.90. The van der Waals surface area contributed by atoms with Crippen LogP contribution in [0.1, 0.15) is 66.6 Å². The Morgan fingerprint density at radius 1 is 1.06 bits per heavy atom. The number of carbonyl (C=O) groups is 2. The standard InChI is InChI=1S/C27H32N4O3/c1-34-21-4-2-20(3-5-21)26(33)31-7-6-22-23(15-31)28-16-29-25(22)30-24(32)14-27-11-17-8-18(12-27)10-19(9-17)13-27/h2-5,16-19H,6-15H2,1H3,(H,28,29,30,32). The average molecular weight is 461 g/mol. The zero-order valence-electron chi connectivity index (χ0n) is 19.8. The number of nitrogens with zero attached hydrogens (tertiary/aromatic N) is 3. The van der Waals surface area contributed by atoms with Crippen molar-refractivity contribution in [2.24, 2.45) is 23.2 Å². The summed E-state index contributed by atoms with van der Waals surface area (Å²) in [6.45, 7) is 0.990. The van der Waals surface area contributed by atoms with Gasteiger partial charge in [0.05, 0.1) is 19.3 Å². The molecule has 4 bridgehead atoms. The van der Waals surface area contributed by atoms with Gasteiger partial charge in [-0.25, -0.2) is 9.97 Å². The van der Waals surface area contributed by atoms with E-state index in [1.54, 1.807) is 36.3 Å². The van der Waals surface area contributed by atoms with Gasteiger partial charge in [-0.3, -0.25) is 9.59 Å². The highest BCUT2D eigenvalue weighted by Crippen LogP contribution is 2.61. The lowest BCUT2D eigenvalue weighted by Crippen LogP contribution is -2.47. The molecule has 1 N–H and O–H groups in total. The van der Waals surface area contributed by atoms with Gasteiger partial charge in [-0.1, -0.05) is 0 Å². The van der Waals surface area contributed by atoms with Gasteiger partial charge in [0.25, 0.3) is 5.91 Å². The zero-order valence-corrected chi connectivity index (χ0v) is 19.8. The Hall–Kier alpha value is -2.96. The van der Waals surface area contributed by atoms with Gasteiger partial charge in [0.1, 0.15) is 17.9 Å². The summed E-state index contributed by atoms with van der Waals surface area (Å²) in [6, 6.07) is 7.16. The van der Waals surface area contributed by atoms with Crippen molar-refractivity contribution in [3.8, 4) is 5.75 Å². The molecule has 1 aromatic heterocycles. The summed E-state index contributed by atoms with van der Waals surface area (Å²) in [5.41, 5.74) is 2.60. The molecular weight excluding hydrogens is 428 g/mol. The molecule has 178 valence electrons. The fourth-order valence-corrected chi connectivity index (χ4v) is 7.57. The van der Waals surface area contributed by atoms with Crippen LogP contribution in [0.3, 0.4) is 0 Å². The number of hydrogen-bond acceptors (Lipinski definition) is 5. The van der Waals surface area contributed by atoms with Crippen molar-refractivity contribution < 1.29 is 14.3 Å². The van der Waals surface area contributed by atoms with Gasteiger partial charge in [-0.15, -0.1) is 0 Å². The minimum Gasteiger partial charge on any atom is -0.497 e. The fourth-order valence-electron chi connectivity index (χ4n) is 7.57.